The van der Waals surface area contributed by atoms with Crippen LogP contribution in [0, 0.1) is 12.3 Å². The average molecular weight is 199 g/mol. The number of para-hydroxylation sites is 2. The summed E-state index contributed by atoms with van der Waals surface area (Å²) in [6, 6.07) is 8.01. The van der Waals surface area contributed by atoms with E-state index < -0.39 is 0 Å². The second-order valence-electron chi connectivity index (χ2n) is 3.59. The third kappa shape index (κ3) is 1.55. The number of aromatic nitrogens is 2. The van der Waals surface area contributed by atoms with Crippen molar-refractivity contribution in [1.29, 1.82) is 0 Å². The van der Waals surface area contributed by atoms with E-state index in [4.69, 9.17) is 6.42 Å². The van der Waals surface area contributed by atoms with E-state index in [0.717, 1.165) is 17.0 Å². The summed E-state index contributed by atoms with van der Waals surface area (Å²) in [6.07, 6.45) is 5.36. The molecule has 1 aromatic carbocycles. The standard InChI is InChI=1S/C12H13N3/c1-4-9-15-11-8-6-5-7-10(11)13-12(15)14(2)3/h1,5-8H,9H2,2-3H3. The highest BCUT2D eigenvalue weighted by molar-refractivity contribution is 5.78. The second-order valence-corrected chi connectivity index (χ2v) is 3.59. The molecule has 0 spiro atoms. The zero-order valence-electron chi connectivity index (χ0n) is 8.94. The Balaban J connectivity index is 2.70. The van der Waals surface area contributed by atoms with Crippen molar-refractivity contribution in [3.8, 4) is 12.3 Å². The third-order valence-electron chi connectivity index (χ3n) is 2.28. The lowest BCUT2D eigenvalue weighted by Crippen LogP contribution is -2.15. The van der Waals surface area contributed by atoms with Crippen molar-refractivity contribution < 1.29 is 0 Å². The van der Waals surface area contributed by atoms with Crippen LogP contribution in [0.5, 0.6) is 0 Å². The lowest BCUT2D eigenvalue weighted by Gasteiger charge is -2.12. The molecule has 1 aromatic heterocycles. The normalized spacial score (nSPS) is 10.2. The van der Waals surface area contributed by atoms with Crippen molar-refractivity contribution in [3.05, 3.63) is 24.3 Å². The molecule has 0 saturated carbocycles. The molecular weight excluding hydrogens is 186 g/mol. The maximum Gasteiger partial charge on any atom is 0.206 e. The van der Waals surface area contributed by atoms with Gasteiger partial charge in [-0.15, -0.1) is 6.42 Å². The minimum absolute atomic E-state index is 0.550. The van der Waals surface area contributed by atoms with Gasteiger partial charge in [0.1, 0.15) is 0 Å². The summed E-state index contributed by atoms with van der Waals surface area (Å²) in [4.78, 5) is 6.49. The number of terminal acetylenes is 1. The summed E-state index contributed by atoms with van der Waals surface area (Å²) in [5, 5.41) is 0. The van der Waals surface area contributed by atoms with Gasteiger partial charge >= 0.3 is 0 Å². The van der Waals surface area contributed by atoms with Crippen LogP contribution in [-0.4, -0.2) is 23.6 Å². The first-order valence-electron chi connectivity index (χ1n) is 4.80. The van der Waals surface area contributed by atoms with Gasteiger partial charge in [0.25, 0.3) is 0 Å². The second kappa shape index (κ2) is 3.66. The smallest absolute Gasteiger partial charge is 0.206 e. The molecule has 15 heavy (non-hydrogen) atoms. The summed E-state index contributed by atoms with van der Waals surface area (Å²) in [5.74, 6) is 3.55. The zero-order valence-corrected chi connectivity index (χ0v) is 8.94. The minimum Gasteiger partial charge on any atom is -0.348 e. The molecule has 0 fully saturated rings. The first-order chi connectivity index (χ1) is 7.24. The number of hydrogen-bond acceptors (Lipinski definition) is 2. The first kappa shape index (κ1) is 9.60. The molecule has 0 radical (unpaired) electrons. The van der Waals surface area contributed by atoms with E-state index in [1.54, 1.807) is 0 Å². The number of hydrogen-bond donors (Lipinski definition) is 0. The Kier molecular flexibility index (Phi) is 2.34. The van der Waals surface area contributed by atoms with Crippen molar-refractivity contribution in [2.24, 2.45) is 0 Å². The average Bonchev–Trinajstić information content (AvgIpc) is 2.58. The highest BCUT2D eigenvalue weighted by Gasteiger charge is 2.10. The summed E-state index contributed by atoms with van der Waals surface area (Å²) in [6.45, 7) is 0.550. The monoisotopic (exact) mass is 199 g/mol. The molecule has 0 saturated heterocycles. The van der Waals surface area contributed by atoms with Gasteiger partial charge in [-0.2, -0.15) is 0 Å². The number of rotatable bonds is 2. The summed E-state index contributed by atoms with van der Waals surface area (Å²) in [7, 11) is 3.93. The first-order valence-corrected chi connectivity index (χ1v) is 4.80. The van der Waals surface area contributed by atoms with Crippen LogP contribution in [-0.2, 0) is 6.54 Å². The van der Waals surface area contributed by atoms with Crippen LogP contribution >= 0.6 is 0 Å². The molecule has 3 heteroatoms. The van der Waals surface area contributed by atoms with Crippen LogP contribution in [0.2, 0.25) is 0 Å². The van der Waals surface area contributed by atoms with E-state index in [0.29, 0.717) is 6.54 Å². The molecule has 0 bridgehead atoms. The number of benzene rings is 1. The summed E-state index contributed by atoms with van der Waals surface area (Å²) in [5.41, 5.74) is 2.07. The summed E-state index contributed by atoms with van der Waals surface area (Å²) < 4.78 is 2.04. The molecule has 2 rings (SSSR count). The van der Waals surface area contributed by atoms with E-state index in [9.17, 15) is 0 Å². The van der Waals surface area contributed by atoms with E-state index in [1.807, 2.05) is 47.8 Å². The van der Waals surface area contributed by atoms with Crippen molar-refractivity contribution in [3.63, 3.8) is 0 Å². The van der Waals surface area contributed by atoms with Crippen LogP contribution in [0.3, 0.4) is 0 Å². The highest BCUT2D eigenvalue weighted by Crippen LogP contribution is 2.20. The lowest BCUT2D eigenvalue weighted by atomic mass is 10.3. The fraction of sp³-hybridized carbons (Fsp3) is 0.250. The van der Waals surface area contributed by atoms with Crippen LogP contribution in [0.1, 0.15) is 0 Å². The van der Waals surface area contributed by atoms with Crippen molar-refractivity contribution in [2.45, 2.75) is 6.54 Å². The van der Waals surface area contributed by atoms with E-state index in [2.05, 4.69) is 10.9 Å². The fourth-order valence-corrected chi connectivity index (χ4v) is 1.65. The molecule has 0 amide bonds. The van der Waals surface area contributed by atoms with Gasteiger partial charge in [-0.1, -0.05) is 18.1 Å². The maximum atomic E-state index is 5.36. The molecule has 1 heterocycles. The Morgan fingerprint density at radius 2 is 2.13 bits per heavy atom. The number of nitrogens with zero attached hydrogens (tertiary/aromatic N) is 3. The lowest BCUT2D eigenvalue weighted by molar-refractivity contribution is 0.836. The molecule has 0 aliphatic carbocycles. The van der Waals surface area contributed by atoms with E-state index >= 15 is 0 Å². The van der Waals surface area contributed by atoms with Gasteiger partial charge in [0.2, 0.25) is 5.95 Å². The molecular formula is C12H13N3. The molecule has 3 nitrogen and oxygen atoms in total. The molecule has 0 aliphatic heterocycles. The molecule has 0 unspecified atom stereocenters. The van der Waals surface area contributed by atoms with Gasteiger partial charge < -0.3 is 4.90 Å². The minimum atomic E-state index is 0.550. The highest BCUT2D eigenvalue weighted by atomic mass is 15.3. The molecule has 0 N–H and O–H groups in total. The Labute approximate surface area is 89.3 Å². The Morgan fingerprint density at radius 1 is 1.40 bits per heavy atom. The van der Waals surface area contributed by atoms with Crippen LogP contribution in [0.25, 0.3) is 11.0 Å². The summed E-state index contributed by atoms with van der Waals surface area (Å²) >= 11 is 0. The fourth-order valence-electron chi connectivity index (χ4n) is 1.65. The van der Waals surface area contributed by atoms with E-state index in [1.165, 1.54) is 0 Å². The topological polar surface area (TPSA) is 21.1 Å². The van der Waals surface area contributed by atoms with Crippen LogP contribution in [0.15, 0.2) is 24.3 Å². The molecule has 2 aromatic rings. The van der Waals surface area contributed by atoms with Gasteiger partial charge in [-0.25, -0.2) is 4.98 Å². The number of imidazole rings is 1. The maximum absolute atomic E-state index is 5.36. The molecule has 0 atom stereocenters. The molecule has 0 aliphatic rings. The third-order valence-corrected chi connectivity index (χ3v) is 2.28. The SMILES string of the molecule is C#CCn1c(N(C)C)nc2ccccc21. The van der Waals surface area contributed by atoms with Gasteiger partial charge in [0, 0.05) is 14.1 Å². The predicted molar refractivity (Wildman–Crippen MR) is 62.9 cm³/mol. The molecule has 76 valence electrons. The van der Waals surface area contributed by atoms with Gasteiger partial charge in [-0.05, 0) is 12.1 Å². The quantitative estimate of drug-likeness (QED) is 0.687. The number of fused-ring (bicyclic) bond motifs is 1. The zero-order chi connectivity index (χ0) is 10.8. The van der Waals surface area contributed by atoms with Crippen molar-refractivity contribution >= 4 is 17.0 Å². The van der Waals surface area contributed by atoms with Crippen molar-refractivity contribution in [1.82, 2.24) is 9.55 Å². The van der Waals surface area contributed by atoms with Crippen LogP contribution < -0.4 is 4.90 Å². The van der Waals surface area contributed by atoms with Crippen LogP contribution in [0.4, 0.5) is 5.95 Å². The Morgan fingerprint density at radius 3 is 2.80 bits per heavy atom. The Hall–Kier alpha value is -1.95. The van der Waals surface area contributed by atoms with Gasteiger partial charge in [0.15, 0.2) is 0 Å². The van der Waals surface area contributed by atoms with E-state index in [-0.39, 0.29) is 0 Å². The number of anilines is 1. The largest absolute Gasteiger partial charge is 0.348 e. The van der Waals surface area contributed by atoms with Gasteiger partial charge in [-0.3, -0.25) is 4.57 Å². The van der Waals surface area contributed by atoms with Crippen molar-refractivity contribution in [2.75, 3.05) is 19.0 Å². The Bertz CT molecular complexity index is 517. The predicted octanol–water partition coefficient (Wildman–Crippen LogP) is 1.74. The van der Waals surface area contributed by atoms with Gasteiger partial charge in [0.05, 0.1) is 17.6 Å².